The minimum absolute atomic E-state index is 0.511. The Balaban J connectivity index is 2.00. The lowest BCUT2D eigenvalue weighted by Crippen LogP contribution is -2.12. The Bertz CT molecular complexity index is 554. The number of nitrogens with zero attached hydrogens (tertiary/aromatic N) is 1. The van der Waals surface area contributed by atoms with E-state index in [2.05, 4.69) is 10.3 Å². The second-order valence-corrected chi connectivity index (χ2v) is 6.28. The largest absolute Gasteiger partial charge is 0.308 e. The van der Waals surface area contributed by atoms with Gasteiger partial charge in [-0.25, -0.2) is 4.98 Å². The van der Waals surface area contributed by atoms with E-state index >= 15 is 0 Å². The van der Waals surface area contributed by atoms with Crippen LogP contribution in [0.2, 0.25) is 15.1 Å². The van der Waals surface area contributed by atoms with Crippen molar-refractivity contribution in [2.45, 2.75) is 20.0 Å². The highest BCUT2D eigenvalue weighted by atomic mass is 35.5. The van der Waals surface area contributed by atoms with E-state index < -0.39 is 0 Å². The van der Waals surface area contributed by atoms with Gasteiger partial charge in [-0.15, -0.1) is 11.3 Å². The van der Waals surface area contributed by atoms with Crippen molar-refractivity contribution in [3.63, 3.8) is 0 Å². The molecule has 18 heavy (non-hydrogen) atoms. The van der Waals surface area contributed by atoms with Gasteiger partial charge < -0.3 is 5.32 Å². The summed E-state index contributed by atoms with van der Waals surface area (Å²) in [5.74, 6) is 0. The first-order valence-electron chi connectivity index (χ1n) is 5.32. The number of nitrogens with one attached hydrogen (secondary N) is 1. The van der Waals surface area contributed by atoms with Crippen LogP contribution < -0.4 is 5.32 Å². The highest BCUT2D eigenvalue weighted by Gasteiger charge is 2.09. The number of aryl methyl sites for hydroxylation is 1. The quantitative estimate of drug-likeness (QED) is 0.826. The van der Waals surface area contributed by atoms with Crippen LogP contribution in [0.4, 0.5) is 0 Å². The molecule has 0 bridgehead atoms. The Morgan fingerprint density at radius 1 is 1.17 bits per heavy atom. The number of halogens is 3. The van der Waals surface area contributed by atoms with Crippen LogP contribution in [0.25, 0.3) is 0 Å². The van der Waals surface area contributed by atoms with Crippen molar-refractivity contribution in [3.8, 4) is 0 Å². The van der Waals surface area contributed by atoms with Crippen molar-refractivity contribution in [2.75, 3.05) is 0 Å². The van der Waals surface area contributed by atoms with Crippen molar-refractivity contribution < 1.29 is 0 Å². The first kappa shape index (κ1) is 14.1. The number of rotatable bonds is 4. The summed E-state index contributed by atoms with van der Waals surface area (Å²) in [6.07, 6.45) is 1.87. The van der Waals surface area contributed by atoms with Gasteiger partial charge in [0.2, 0.25) is 0 Å². The maximum atomic E-state index is 6.12. The topological polar surface area (TPSA) is 24.9 Å². The normalized spacial score (nSPS) is 10.9. The maximum absolute atomic E-state index is 6.12. The SMILES string of the molecule is Cc1ncc(CNCc2c(Cl)ccc(Cl)c2Cl)s1. The van der Waals surface area contributed by atoms with Crippen molar-refractivity contribution in [2.24, 2.45) is 0 Å². The van der Waals surface area contributed by atoms with E-state index in [1.54, 1.807) is 23.5 Å². The zero-order chi connectivity index (χ0) is 13.1. The summed E-state index contributed by atoms with van der Waals surface area (Å²) in [6, 6.07) is 3.45. The average molecular weight is 322 g/mol. The zero-order valence-electron chi connectivity index (χ0n) is 9.64. The molecule has 1 heterocycles. The van der Waals surface area contributed by atoms with Crippen LogP contribution in [-0.2, 0) is 13.1 Å². The minimum atomic E-state index is 0.511. The predicted octanol–water partition coefficient (Wildman–Crippen LogP) is 4.70. The second kappa shape index (κ2) is 6.22. The summed E-state index contributed by atoms with van der Waals surface area (Å²) in [7, 11) is 0. The molecule has 0 spiro atoms. The molecule has 0 atom stereocenters. The van der Waals surface area contributed by atoms with Gasteiger partial charge in [-0.1, -0.05) is 34.8 Å². The number of hydrogen-bond donors (Lipinski definition) is 1. The molecule has 0 aliphatic heterocycles. The van der Waals surface area contributed by atoms with Gasteiger partial charge in [0.15, 0.2) is 0 Å². The summed E-state index contributed by atoms with van der Waals surface area (Å²) in [4.78, 5) is 5.38. The third kappa shape index (κ3) is 3.37. The van der Waals surface area contributed by atoms with Crippen LogP contribution >= 0.6 is 46.1 Å². The van der Waals surface area contributed by atoms with Gasteiger partial charge in [0.25, 0.3) is 0 Å². The first-order chi connectivity index (χ1) is 8.58. The third-order valence-electron chi connectivity index (χ3n) is 2.41. The summed E-state index contributed by atoms with van der Waals surface area (Å²) >= 11 is 19.8. The Labute approximate surface area is 125 Å². The molecule has 0 amide bonds. The van der Waals surface area contributed by atoms with Crippen LogP contribution in [0.5, 0.6) is 0 Å². The molecule has 1 aromatic carbocycles. The van der Waals surface area contributed by atoms with Crippen LogP contribution in [-0.4, -0.2) is 4.98 Å². The first-order valence-corrected chi connectivity index (χ1v) is 7.27. The molecule has 2 rings (SSSR count). The fraction of sp³-hybridized carbons (Fsp3) is 0.250. The lowest BCUT2D eigenvalue weighted by Gasteiger charge is -2.09. The Kier molecular flexibility index (Phi) is 4.87. The third-order valence-corrected chi connectivity index (χ3v) is 4.52. The average Bonchev–Trinajstić information content (AvgIpc) is 2.74. The standard InChI is InChI=1S/C12H11Cl3N2S/c1-7-17-5-8(18-7)4-16-6-9-10(13)2-3-11(14)12(9)15/h2-3,5,16H,4,6H2,1H3. The molecule has 6 heteroatoms. The van der Waals surface area contributed by atoms with Gasteiger partial charge in [-0.2, -0.15) is 0 Å². The van der Waals surface area contributed by atoms with E-state index in [1.165, 1.54) is 4.88 Å². The van der Waals surface area contributed by atoms with E-state index in [9.17, 15) is 0 Å². The zero-order valence-corrected chi connectivity index (χ0v) is 12.7. The van der Waals surface area contributed by atoms with E-state index in [4.69, 9.17) is 34.8 Å². The van der Waals surface area contributed by atoms with E-state index in [0.29, 0.717) is 21.6 Å². The van der Waals surface area contributed by atoms with Crippen molar-refractivity contribution in [1.82, 2.24) is 10.3 Å². The van der Waals surface area contributed by atoms with Crippen LogP contribution in [0.15, 0.2) is 18.3 Å². The highest BCUT2D eigenvalue weighted by Crippen LogP contribution is 2.31. The number of hydrogen-bond acceptors (Lipinski definition) is 3. The molecule has 0 aliphatic carbocycles. The lowest BCUT2D eigenvalue weighted by atomic mass is 10.2. The number of thiazole rings is 1. The molecule has 1 aromatic heterocycles. The molecular weight excluding hydrogens is 311 g/mol. The molecule has 2 nitrogen and oxygen atoms in total. The predicted molar refractivity (Wildman–Crippen MR) is 78.9 cm³/mol. The summed E-state index contributed by atoms with van der Waals surface area (Å²) < 4.78 is 0. The molecule has 0 saturated heterocycles. The summed E-state index contributed by atoms with van der Waals surface area (Å²) in [5.41, 5.74) is 0.826. The van der Waals surface area contributed by atoms with Crippen molar-refractivity contribution in [1.29, 1.82) is 0 Å². The molecule has 1 N–H and O–H groups in total. The van der Waals surface area contributed by atoms with Gasteiger partial charge in [0.1, 0.15) is 0 Å². The highest BCUT2D eigenvalue weighted by molar-refractivity contribution is 7.11. The van der Waals surface area contributed by atoms with Crippen molar-refractivity contribution in [3.05, 3.63) is 48.8 Å². The molecule has 96 valence electrons. The lowest BCUT2D eigenvalue weighted by molar-refractivity contribution is 0.700. The summed E-state index contributed by atoms with van der Waals surface area (Å²) in [5, 5.41) is 6.00. The fourth-order valence-electron chi connectivity index (χ4n) is 1.53. The smallest absolute Gasteiger partial charge is 0.0897 e. The molecule has 0 fully saturated rings. The van der Waals surface area contributed by atoms with Crippen molar-refractivity contribution >= 4 is 46.1 Å². The van der Waals surface area contributed by atoms with E-state index in [1.807, 2.05) is 13.1 Å². The van der Waals surface area contributed by atoms with Crippen LogP contribution in [0.3, 0.4) is 0 Å². The Morgan fingerprint density at radius 3 is 2.56 bits per heavy atom. The molecule has 0 saturated carbocycles. The van der Waals surface area contributed by atoms with Crippen LogP contribution in [0.1, 0.15) is 15.4 Å². The molecule has 0 unspecified atom stereocenters. The van der Waals surface area contributed by atoms with E-state index in [0.717, 1.165) is 17.1 Å². The number of aromatic nitrogens is 1. The Hall–Kier alpha value is -0.320. The van der Waals surface area contributed by atoms with Gasteiger partial charge in [0, 0.05) is 34.7 Å². The Morgan fingerprint density at radius 2 is 1.89 bits per heavy atom. The number of benzene rings is 1. The molecule has 2 aromatic rings. The van der Waals surface area contributed by atoms with Gasteiger partial charge in [-0.3, -0.25) is 0 Å². The molecule has 0 aliphatic rings. The van der Waals surface area contributed by atoms with Crippen LogP contribution in [0, 0.1) is 6.92 Å². The van der Waals surface area contributed by atoms with E-state index in [-0.39, 0.29) is 0 Å². The second-order valence-electron chi connectivity index (χ2n) is 3.77. The molecular formula is C12H11Cl3N2S. The van der Waals surface area contributed by atoms with Gasteiger partial charge in [0.05, 0.1) is 15.1 Å². The minimum Gasteiger partial charge on any atom is -0.308 e. The summed E-state index contributed by atoms with van der Waals surface area (Å²) in [6.45, 7) is 3.30. The fourth-order valence-corrected chi connectivity index (χ4v) is 2.97. The monoisotopic (exact) mass is 320 g/mol. The maximum Gasteiger partial charge on any atom is 0.0897 e. The van der Waals surface area contributed by atoms with Gasteiger partial charge in [-0.05, 0) is 19.1 Å². The molecule has 0 radical (unpaired) electrons. The van der Waals surface area contributed by atoms with Gasteiger partial charge >= 0.3 is 0 Å².